The Morgan fingerprint density at radius 3 is 2.73 bits per heavy atom. The fourth-order valence-corrected chi connectivity index (χ4v) is 1.29. The summed E-state index contributed by atoms with van der Waals surface area (Å²) in [6.07, 6.45) is 0. The van der Waals surface area contributed by atoms with E-state index >= 15 is 0 Å². The van der Waals surface area contributed by atoms with E-state index in [1.807, 2.05) is 19.1 Å². The molecule has 5 heteroatoms. The second kappa shape index (κ2) is 4.31. The third kappa shape index (κ3) is 2.27. The Hall–Kier alpha value is -1.55. The van der Waals surface area contributed by atoms with E-state index in [0.717, 1.165) is 12.1 Å². The van der Waals surface area contributed by atoms with Gasteiger partial charge < -0.3 is 9.84 Å². The molecule has 0 spiro atoms. The number of rotatable bonds is 3. The molecule has 15 heavy (non-hydrogen) atoms. The highest BCUT2D eigenvalue weighted by Gasteiger charge is 2.06. The molecule has 2 aromatic rings. The van der Waals surface area contributed by atoms with Crippen molar-refractivity contribution in [2.45, 2.75) is 6.92 Å². The van der Waals surface area contributed by atoms with Gasteiger partial charge in [-0.25, -0.2) is 0 Å². The number of benzene rings is 1. The van der Waals surface area contributed by atoms with E-state index in [-0.39, 0.29) is 0 Å². The minimum Gasteiger partial charge on any atom is -0.338 e. The number of halogens is 1. The summed E-state index contributed by atoms with van der Waals surface area (Å²) in [5.41, 5.74) is 0.882. The van der Waals surface area contributed by atoms with Crippen LogP contribution in [-0.2, 0) is 0 Å². The highest BCUT2D eigenvalue weighted by atomic mass is 35.5. The lowest BCUT2D eigenvalue weighted by Crippen LogP contribution is -1.95. The lowest BCUT2D eigenvalue weighted by atomic mass is 10.2. The molecule has 0 radical (unpaired) electrons. The summed E-state index contributed by atoms with van der Waals surface area (Å²) in [7, 11) is 0. The van der Waals surface area contributed by atoms with E-state index in [4.69, 9.17) is 16.1 Å². The Morgan fingerprint density at radius 1 is 1.33 bits per heavy atom. The first kappa shape index (κ1) is 9.98. The molecule has 4 nitrogen and oxygen atoms in total. The van der Waals surface area contributed by atoms with Gasteiger partial charge in [0.25, 0.3) is 0 Å². The van der Waals surface area contributed by atoms with Crippen molar-refractivity contribution in [3.8, 4) is 11.4 Å². The van der Waals surface area contributed by atoms with Gasteiger partial charge >= 0.3 is 6.01 Å². The van der Waals surface area contributed by atoms with Gasteiger partial charge in [-0.1, -0.05) is 16.8 Å². The molecular weight excluding hydrogens is 214 g/mol. The summed E-state index contributed by atoms with van der Waals surface area (Å²) in [5.74, 6) is 0.558. The zero-order valence-electron chi connectivity index (χ0n) is 8.20. The fraction of sp³-hybridized carbons (Fsp3) is 0.200. The third-order valence-corrected chi connectivity index (χ3v) is 2.11. The zero-order chi connectivity index (χ0) is 10.7. The van der Waals surface area contributed by atoms with Gasteiger partial charge in [0.2, 0.25) is 5.82 Å². The van der Waals surface area contributed by atoms with E-state index in [1.54, 1.807) is 12.1 Å². The van der Waals surface area contributed by atoms with Gasteiger partial charge in [0.05, 0.1) is 0 Å². The molecule has 0 fully saturated rings. The van der Waals surface area contributed by atoms with Crippen molar-refractivity contribution in [1.82, 2.24) is 10.1 Å². The van der Waals surface area contributed by atoms with Crippen LogP contribution in [0.1, 0.15) is 6.92 Å². The number of hydrogen-bond acceptors (Lipinski definition) is 4. The number of anilines is 1. The van der Waals surface area contributed by atoms with Crippen molar-refractivity contribution in [1.29, 1.82) is 0 Å². The quantitative estimate of drug-likeness (QED) is 0.870. The summed E-state index contributed by atoms with van der Waals surface area (Å²) in [6, 6.07) is 7.72. The normalized spacial score (nSPS) is 10.3. The number of hydrogen-bond donors (Lipinski definition) is 1. The van der Waals surface area contributed by atoms with Gasteiger partial charge in [0, 0.05) is 17.1 Å². The van der Waals surface area contributed by atoms with Crippen molar-refractivity contribution in [2.24, 2.45) is 0 Å². The van der Waals surface area contributed by atoms with Crippen molar-refractivity contribution in [3.63, 3.8) is 0 Å². The van der Waals surface area contributed by atoms with Gasteiger partial charge in [-0.3, -0.25) is 0 Å². The van der Waals surface area contributed by atoms with Crippen LogP contribution in [-0.4, -0.2) is 16.7 Å². The zero-order valence-corrected chi connectivity index (χ0v) is 8.95. The van der Waals surface area contributed by atoms with E-state index in [9.17, 15) is 0 Å². The molecule has 78 valence electrons. The average molecular weight is 224 g/mol. The molecule has 2 rings (SSSR count). The molecule has 0 atom stereocenters. The van der Waals surface area contributed by atoms with Crippen LogP contribution in [0.25, 0.3) is 11.4 Å². The lowest BCUT2D eigenvalue weighted by Gasteiger charge is -1.93. The van der Waals surface area contributed by atoms with E-state index in [1.165, 1.54) is 0 Å². The summed E-state index contributed by atoms with van der Waals surface area (Å²) < 4.78 is 4.98. The van der Waals surface area contributed by atoms with Gasteiger partial charge in [0.15, 0.2) is 0 Å². The maximum absolute atomic E-state index is 5.78. The molecule has 1 N–H and O–H groups in total. The second-order valence-electron chi connectivity index (χ2n) is 2.96. The second-order valence-corrected chi connectivity index (χ2v) is 3.40. The summed E-state index contributed by atoms with van der Waals surface area (Å²) in [4.78, 5) is 4.17. The van der Waals surface area contributed by atoms with Crippen LogP contribution in [0.4, 0.5) is 6.01 Å². The van der Waals surface area contributed by atoms with Crippen molar-refractivity contribution >= 4 is 17.6 Å². The smallest absolute Gasteiger partial charge is 0.321 e. The van der Waals surface area contributed by atoms with Gasteiger partial charge in [-0.2, -0.15) is 4.98 Å². The van der Waals surface area contributed by atoms with Crippen molar-refractivity contribution in [2.75, 3.05) is 11.9 Å². The Kier molecular flexibility index (Phi) is 2.87. The topological polar surface area (TPSA) is 51.0 Å². The van der Waals surface area contributed by atoms with Crippen LogP contribution >= 0.6 is 11.6 Å². The first-order chi connectivity index (χ1) is 7.29. The SMILES string of the molecule is CCNc1nc(-c2ccc(Cl)cc2)no1. The molecule has 0 bridgehead atoms. The summed E-state index contributed by atoms with van der Waals surface area (Å²) in [5, 5.41) is 7.47. The Morgan fingerprint density at radius 2 is 2.07 bits per heavy atom. The Balaban J connectivity index is 2.25. The monoisotopic (exact) mass is 223 g/mol. The van der Waals surface area contributed by atoms with E-state index < -0.39 is 0 Å². The Labute approximate surface area is 92.3 Å². The maximum Gasteiger partial charge on any atom is 0.321 e. The van der Waals surface area contributed by atoms with Crippen LogP contribution in [0.15, 0.2) is 28.8 Å². The molecule has 0 aliphatic heterocycles. The molecule has 1 aromatic heterocycles. The molecule has 0 aliphatic carbocycles. The highest BCUT2D eigenvalue weighted by Crippen LogP contribution is 2.19. The van der Waals surface area contributed by atoms with E-state index in [2.05, 4.69) is 15.5 Å². The highest BCUT2D eigenvalue weighted by molar-refractivity contribution is 6.30. The Bertz CT molecular complexity index is 438. The van der Waals surface area contributed by atoms with Crippen LogP contribution in [0.5, 0.6) is 0 Å². The first-order valence-electron chi connectivity index (χ1n) is 4.63. The molecule has 0 aliphatic rings. The third-order valence-electron chi connectivity index (χ3n) is 1.86. The van der Waals surface area contributed by atoms with Crippen LogP contribution < -0.4 is 5.32 Å². The predicted octanol–water partition coefficient (Wildman–Crippen LogP) is 2.82. The number of nitrogens with zero attached hydrogens (tertiary/aromatic N) is 2. The van der Waals surface area contributed by atoms with Crippen molar-refractivity contribution < 1.29 is 4.52 Å². The summed E-state index contributed by atoms with van der Waals surface area (Å²) >= 11 is 5.78. The standard InChI is InChI=1S/C10H10ClN3O/c1-2-12-10-13-9(14-15-10)7-3-5-8(11)6-4-7/h3-6H,2H2,1H3,(H,12,13,14). The van der Waals surface area contributed by atoms with Crippen LogP contribution in [0.3, 0.4) is 0 Å². The molecule has 0 saturated heterocycles. The lowest BCUT2D eigenvalue weighted by molar-refractivity contribution is 0.432. The molecular formula is C10H10ClN3O. The van der Waals surface area contributed by atoms with Gasteiger partial charge in [-0.15, -0.1) is 0 Å². The van der Waals surface area contributed by atoms with Crippen molar-refractivity contribution in [3.05, 3.63) is 29.3 Å². The van der Waals surface area contributed by atoms with Gasteiger partial charge in [-0.05, 0) is 31.2 Å². The van der Waals surface area contributed by atoms with E-state index in [0.29, 0.717) is 16.9 Å². The predicted molar refractivity (Wildman–Crippen MR) is 58.9 cm³/mol. The summed E-state index contributed by atoms with van der Waals surface area (Å²) in [6.45, 7) is 2.72. The largest absolute Gasteiger partial charge is 0.338 e. The number of aromatic nitrogens is 2. The molecule has 1 heterocycles. The molecule has 0 saturated carbocycles. The van der Waals surface area contributed by atoms with Crippen LogP contribution in [0, 0.1) is 0 Å². The number of nitrogens with one attached hydrogen (secondary N) is 1. The molecule has 1 aromatic carbocycles. The molecule has 0 unspecified atom stereocenters. The average Bonchev–Trinajstić information content (AvgIpc) is 2.68. The fourth-order valence-electron chi connectivity index (χ4n) is 1.16. The van der Waals surface area contributed by atoms with Crippen LogP contribution in [0.2, 0.25) is 5.02 Å². The molecule has 0 amide bonds. The van der Waals surface area contributed by atoms with Gasteiger partial charge in [0.1, 0.15) is 0 Å². The maximum atomic E-state index is 5.78. The minimum absolute atomic E-state index is 0.433. The first-order valence-corrected chi connectivity index (χ1v) is 5.01. The minimum atomic E-state index is 0.433.